The Labute approximate surface area is 200 Å². The van der Waals surface area contributed by atoms with Crippen molar-refractivity contribution >= 4 is 39.1 Å². The van der Waals surface area contributed by atoms with Gasteiger partial charge in [0.2, 0.25) is 15.9 Å². The molecule has 2 unspecified atom stereocenters. The van der Waals surface area contributed by atoms with Gasteiger partial charge in [-0.3, -0.25) is 4.79 Å². The average Bonchev–Trinajstić information content (AvgIpc) is 3.23. The van der Waals surface area contributed by atoms with E-state index in [0.29, 0.717) is 35.0 Å². The molecule has 5 nitrogen and oxygen atoms in total. The molecule has 1 N–H and O–H groups in total. The number of aryl methyl sites for hydroxylation is 2. The molecule has 1 aliphatic heterocycles. The first-order valence-electron chi connectivity index (χ1n) is 11.1. The number of amides is 1. The molecule has 0 spiro atoms. The lowest BCUT2D eigenvalue weighted by Crippen LogP contribution is -2.46. The Kier molecular flexibility index (Phi) is 7.15. The largest absolute Gasteiger partial charge is 0.349 e. The number of benzene rings is 2. The Balaban J connectivity index is 1.39. The number of hydrogen-bond donors (Lipinski definition) is 1. The Morgan fingerprint density at radius 2 is 1.91 bits per heavy atom. The van der Waals surface area contributed by atoms with Crippen molar-refractivity contribution in [3.05, 3.63) is 68.7 Å². The van der Waals surface area contributed by atoms with Gasteiger partial charge in [-0.1, -0.05) is 47.5 Å². The van der Waals surface area contributed by atoms with Crippen molar-refractivity contribution in [1.29, 1.82) is 0 Å². The number of hydrogen-bond acceptors (Lipinski definition) is 3. The fraction of sp³-hybridized carbons (Fsp3) is 0.458. The molecule has 2 aromatic rings. The van der Waals surface area contributed by atoms with Crippen LogP contribution in [0.4, 0.5) is 0 Å². The highest BCUT2D eigenvalue weighted by Gasteiger charge is 2.33. The van der Waals surface area contributed by atoms with Crippen LogP contribution in [0.5, 0.6) is 0 Å². The van der Waals surface area contributed by atoms with Crippen LogP contribution < -0.4 is 5.32 Å². The quantitative estimate of drug-likeness (QED) is 0.620. The maximum absolute atomic E-state index is 13.0. The van der Waals surface area contributed by atoms with E-state index in [1.54, 1.807) is 18.2 Å². The Morgan fingerprint density at radius 1 is 1.12 bits per heavy atom. The normalized spacial score (nSPS) is 20.0. The number of sulfonamides is 1. The lowest BCUT2D eigenvalue weighted by molar-refractivity contribution is -0.126. The molecule has 8 heteroatoms. The third-order valence-electron chi connectivity index (χ3n) is 6.48. The van der Waals surface area contributed by atoms with E-state index in [9.17, 15) is 13.2 Å². The van der Waals surface area contributed by atoms with E-state index in [1.165, 1.54) is 21.9 Å². The maximum atomic E-state index is 13.0. The highest BCUT2D eigenvalue weighted by Crippen LogP contribution is 2.28. The van der Waals surface area contributed by atoms with Crippen molar-refractivity contribution in [3.63, 3.8) is 0 Å². The van der Waals surface area contributed by atoms with Crippen molar-refractivity contribution in [2.45, 2.75) is 50.8 Å². The van der Waals surface area contributed by atoms with Gasteiger partial charge < -0.3 is 5.32 Å². The van der Waals surface area contributed by atoms with Crippen LogP contribution in [-0.4, -0.2) is 31.7 Å². The van der Waals surface area contributed by atoms with Gasteiger partial charge in [0.25, 0.3) is 0 Å². The van der Waals surface area contributed by atoms with Crippen LogP contribution in [0.2, 0.25) is 10.0 Å². The molecule has 4 rings (SSSR count). The number of rotatable bonds is 6. The molecule has 1 heterocycles. The minimum Gasteiger partial charge on any atom is -0.349 e. The lowest BCUT2D eigenvalue weighted by atomic mass is 9.97. The van der Waals surface area contributed by atoms with Crippen molar-refractivity contribution in [2.75, 3.05) is 13.1 Å². The van der Waals surface area contributed by atoms with Gasteiger partial charge in [-0.25, -0.2) is 12.7 Å². The molecule has 1 fully saturated rings. The predicted molar refractivity (Wildman–Crippen MR) is 128 cm³/mol. The molecule has 2 aromatic carbocycles. The molecule has 0 bridgehead atoms. The van der Waals surface area contributed by atoms with Gasteiger partial charge in [-0.05, 0) is 73.4 Å². The minimum atomic E-state index is -3.60. The third-order valence-corrected chi connectivity index (χ3v) is 8.86. The molecule has 2 aliphatic rings. The zero-order valence-corrected chi connectivity index (χ0v) is 20.4. The molecule has 0 radical (unpaired) electrons. The summed E-state index contributed by atoms with van der Waals surface area (Å²) in [7, 11) is -3.60. The monoisotopic (exact) mass is 494 g/mol. The highest BCUT2D eigenvalue weighted by atomic mass is 35.5. The van der Waals surface area contributed by atoms with E-state index in [-0.39, 0.29) is 30.2 Å². The van der Waals surface area contributed by atoms with Crippen LogP contribution >= 0.6 is 23.2 Å². The summed E-state index contributed by atoms with van der Waals surface area (Å²) < 4.78 is 27.5. The minimum absolute atomic E-state index is 0.0950. The average molecular weight is 495 g/mol. The fourth-order valence-corrected chi connectivity index (χ4v) is 6.81. The number of carbonyl (C=O) groups excluding carboxylic acids is 1. The van der Waals surface area contributed by atoms with E-state index >= 15 is 0 Å². The van der Waals surface area contributed by atoms with Gasteiger partial charge in [0.1, 0.15) is 0 Å². The molecule has 172 valence electrons. The summed E-state index contributed by atoms with van der Waals surface area (Å²) in [5.41, 5.74) is 4.38. The number of piperidine rings is 1. The topological polar surface area (TPSA) is 66.5 Å². The lowest BCUT2D eigenvalue weighted by Gasteiger charge is -2.32. The fourth-order valence-electron chi connectivity index (χ4n) is 4.61. The summed E-state index contributed by atoms with van der Waals surface area (Å²) in [5.74, 6) is -0.665. The number of carbonyl (C=O) groups is 1. The second kappa shape index (κ2) is 9.72. The van der Waals surface area contributed by atoms with Gasteiger partial charge in [0.05, 0.1) is 17.7 Å². The summed E-state index contributed by atoms with van der Waals surface area (Å²) in [5, 5.41) is 3.89. The summed E-state index contributed by atoms with van der Waals surface area (Å²) in [6, 6.07) is 11.1. The highest BCUT2D eigenvalue weighted by molar-refractivity contribution is 7.88. The maximum Gasteiger partial charge on any atom is 0.224 e. The van der Waals surface area contributed by atoms with E-state index in [2.05, 4.69) is 23.5 Å². The van der Waals surface area contributed by atoms with E-state index in [4.69, 9.17) is 23.2 Å². The van der Waals surface area contributed by atoms with Crippen LogP contribution in [0.25, 0.3) is 0 Å². The van der Waals surface area contributed by atoms with Gasteiger partial charge >= 0.3 is 0 Å². The Hall–Kier alpha value is -1.60. The number of halogens is 2. The van der Waals surface area contributed by atoms with Crippen molar-refractivity contribution in [2.24, 2.45) is 5.92 Å². The van der Waals surface area contributed by atoms with E-state index in [1.807, 2.05) is 6.92 Å². The molecule has 1 amide bonds. The Bertz CT molecular complexity index is 1120. The number of nitrogens with zero attached hydrogens (tertiary/aromatic N) is 1. The second-order valence-electron chi connectivity index (χ2n) is 8.80. The summed E-state index contributed by atoms with van der Waals surface area (Å²) in [6.45, 7) is 2.59. The molecule has 0 saturated carbocycles. The van der Waals surface area contributed by atoms with E-state index < -0.39 is 10.0 Å². The molecule has 1 aliphatic carbocycles. The van der Waals surface area contributed by atoms with Crippen LogP contribution in [-0.2, 0) is 33.4 Å². The first-order valence-corrected chi connectivity index (χ1v) is 13.4. The standard InChI is InChI=1S/C24H28Cl2N2O3S/c1-16(18-8-7-17-4-2-5-19(17)12-18)27-24(29)20-6-3-11-28(14-20)32(30,31)15-21-9-10-22(25)13-23(21)26/h7-10,12-13,16,20H,2-6,11,14-15H2,1H3,(H,27,29). The van der Waals surface area contributed by atoms with Crippen LogP contribution in [0.3, 0.4) is 0 Å². The second-order valence-corrected chi connectivity index (χ2v) is 11.6. The van der Waals surface area contributed by atoms with Crippen molar-refractivity contribution in [3.8, 4) is 0 Å². The summed E-state index contributed by atoms with van der Waals surface area (Å²) >= 11 is 12.1. The summed E-state index contributed by atoms with van der Waals surface area (Å²) in [4.78, 5) is 13.0. The zero-order chi connectivity index (χ0) is 22.9. The van der Waals surface area contributed by atoms with Crippen molar-refractivity contribution in [1.82, 2.24) is 9.62 Å². The first-order chi connectivity index (χ1) is 15.2. The molecule has 2 atom stereocenters. The van der Waals surface area contributed by atoms with Gasteiger partial charge in [-0.15, -0.1) is 0 Å². The van der Waals surface area contributed by atoms with Gasteiger partial charge in [0.15, 0.2) is 0 Å². The zero-order valence-electron chi connectivity index (χ0n) is 18.1. The molecule has 32 heavy (non-hydrogen) atoms. The number of fused-ring (bicyclic) bond motifs is 1. The van der Waals surface area contributed by atoms with Crippen LogP contribution in [0, 0.1) is 5.92 Å². The molecular formula is C24H28Cl2N2O3S. The third kappa shape index (κ3) is 5.30. The van der Waals surface area contributed by atoms with E-state index in [0.717, 1.165) is 18.4 Å². The first kappa shape index (κ1) is 23.6. The SMILES string of the molecule is CC(NC(=O)C1CCCN(S(=O)(=O)Cc2ccc(Cl)cc2Cl)C1)c1ccc2c(c1)CCC2. The molecule has 1 saturated heterocycles. The summed E-state index contributed by atoms with van der Waals surface area (Å²) in [6.07, 6.45) is 4.74. The van der Waals surface area contributed by atoms with Gasteiger partial charge in [0, 0.05) is 23.1 Å². The molecular weight excluding hydrogens is 467 g/mol. The van der Waals surface area contributed by atoms with Crippen LogP contribution in [0.15, 0.2) is 36.4 Å². The predicted octanol–water partition coefficient (Wildman–Crippen LogP) is 4.90. The van der Waals surface area contributed by atoms with Crippen molar-refractivity contribution < 1.29 is 13.2 Å². The van der Waals surface area contributed by atoms with Crippen LogP contribution in [0.1, 0.15) is 54.5 Å². The number of nitrogens with one attached hydrogen (secondary N) is 1. The smallest absolute Gasteiger partial charge is 0.224 e. The Morgan fingerprint density at radius 3 is 2.69 bits per heavy atom. The van der Waals surface area contributed by atoms with Gasteiger partial charge in [-0.2, -0.15) is 0 Å². The molecule has 0 aromatic heterocycles.